The third kappa shape index (κ3) is 2.60. The van der Waals surface area contributed by atoms with E-state index in [0.717, 1.165) is 11.5 Å². The van der Waals surface area contributed by atoms with Crippen molar-refractivity contribution in [2.75, 3.05) is 13.2 Å². The summed E-state index contributed by atoms with van der Waals surface area (Å²) < 4.78 is 11.7. The SMILES string of the molecule is c1ccc(OCCOc2cc3ccc4cccc5ccc(c2)c3c45)cc1. The van der Waals surface area contributed by atoms with Crippen LogP contribution in [0, 0.1) is 0 Å². The van der Waals surface area contributed by atoms with Crippen LogP contribution in [0.25, 0.3) is 32.3 Å². The molecule has 126 valence electrons. The summed E-state index contributed by atoms with van der Waals surface area (Å²) >= 11 is 0. The maximum Gasteiger partial charge on any atom is 0.122 e. The fourth-order valence-electron chi connectivity index (χ4n) is 3.64. The van der Waals surface area contributed by atoms with E-state index < -0.39 is 0 Å². The molecular formula is C24H18O2. The zero-order chi connectivity index (χ0) is 17.3. The molecule has 5 rings (SSSR count). The van der Waals surface area contributed by atoms with Crippen molar-refractivity contribution in [3.05, 3.63) is 84.9 Å². The molecule has 0 atom stereocenters. The molecule has 0 saturated carbocycles. The average Bonchev–Trinajstić information content (AvgIpc) is 2.70. The van der Waals surface area contributed by atoms with E-state index in [9.17, 15) is 0 Å². The Kier molecular flexibility index (Phi) is 3.60. The quantitative estimate of drug-likeness (QED) is 0.287. The minimum Gasteiger partial charge on any atom is -0.490 e. The van der Waals surface area contributed by atoms with E-state index in [0.29, 0.717) is 13.2 Å². The Hall–Kier alpha value is -3.26. The van der Waals surface area contributed by atoms with Crippen molar-refractivity contribution in [1.82, 2.24) is 0 Å². The van der Waals surface area contributed by atoms with Crippen molar-refractivity contribution in [2.24, 2.45) is 0 Å². The lowest BCUT2D eigenvalue weighted by atomic mass is 9.94. The smallest absolute Gasteiger partial charge is 0.122 e. The first kappa shape index (κ1) is 15.0. The van der Waals surface area contributed by atoms with Gasteiger partial charge in [-0.05, 0) is 56.6 Å². The van der Waals surface area contributed by atoms with Gasteiger partial charge in [0.1, 0.15) is 24.7 Å². The van der Waals surface area contributed by atoms with Gasteiger partial charge >= 0.3 is 0 Å². The van der Waals surface area contributed by atoms with Crippen LogP contribution < -0.4 is 9.47 Å². The topological polar surface area (TPSA) is 18.5 Å². The van der Waals surface area contributed by atoms with E-state index in [-0.39, 0.29) is 0 Å². The van der Waals surface area contributed by atoms with Crippen LogP contribution in [-0.4, -0.2) is 13.2 Å². The van der Waals surface area contributed by atoms with Crippen LogP contribution in [0.15, 0.2) is 84.9 Å². The van der Waals surface area contributed by atoms with Crippen molar-refractivity contribution in [1.29, 1.82) is 0 Å². The minimum absolute atomic E-state index is 0.516. The van der Waals surface area contributed by atoms with Gasteiger partial charge in [0.25, 0.3) is 0 Å². The zero-order valence-corrected chi connectivity index (χ0v) is 14.3. The van der Waals surface area contributed by atoms with Crippen molar-refractivity contribution in [2.45, 2.75) is 0 Å². The van der Waals surface area contributed by atoms with Gasteiger partial charge in [-0.3, -0.25) is 0 Å². The highest BCUT2D eigenvalue weighted by Gasteiger charge is 2.09. The number of hydrogen-bond acceptors (Lipinski definition) is 2. The van der Waals surface area contributed by atoms with E-state index in [1.807, 2.05) is 30.3 Å². The Labute approximate surface area is 151 Å². The summed E-state index contributed by atoms with van der Waals surface area (Å²) in [4.78, 5) is 0. The molecule has 0 saturated heterocycles. The standard InChI is InChI=1S/C24H18O2/c1-2-7-21(8-3-1)25-13-14-26-22-15-19-11-9-17-5-4-6-18-10-12-20(16-22)24(19)23(17)18/h1-12,15-16H,13-14H2. The summed E-state index contributed by atoms with van der Waals surface area (Å²) in [6.07, 6.45) is 0. The molecule has 2 heteroatoms. The Morgan fingerprint density at radius 3 is 1.65 bits per heavy atom. The van der Waals surface area contributed by atoms with Gasteiger partial charge in [0, 0.05) is 0 Å². The van der Waals surface area contributed by atoms with E-state index in [1.165, 1.54) is 32.3 Å². The Morgan fingerprint density at radius 2 is 1.00 bits per heavy atom. The fraction of sp³-hybridized carbons (Fsp3) is 0.0833. The van der Waals surface area contributed by atoms with Crippen LogP contribution in [0.4, 0.5) is 0 Å². The monoisotopic (exact) mass is 338 g/mol. The molecule has 0 radical (unpaired) electrons. The summed E-state index contributed by atoms with van der Waals surface area (Å²) in [7, 11) is 0. The maximum absolute atomic E-state index is 5.95. The van der Waals surface area contributed by atoms with Crippen LogP contribution in [0.5, 0.6) is 11.5 Å². The van der Waals surface area contributed by atoms with Gasteiger partial charge in [-0.25, -0.2) is 0 Å². The normalized spacial score (nSPS) is 11.4. The van der Waals surface area contributed by atoms with Crippen LogP contribution in [0.2, 0.25) is 0 Å². The molecule has 0 aliphatic rings. The number of hydrogen-bond donors (Lipinski definition) is 0. The summed E-state index contributed by atoms with van der Waals surface area (Å²) in [6.45, 7) is 1.04. The van der Waals surface area contributed by atoms with E-state index >= 15 is 0 Å². The van der Waals surface area contributed by atoms with Gasteiger partial charge in [-0.1, -0.05) is 60.7 Å². The lowest BCUT2D eigenvalue weighted by molar-refractivity contribution is 0.217. The molecule has 0 aliphatic heterocycles. The lowest BCUT2D eigenvalue weighted by Crippen LogP contribution is -2.08. The van der Waals surface area contributed by atoms with Gasteiger partial charge in [-0.15, -0.1) is 0 Å². The van der Waals surface area contributed by atoms with Gasteiger partial charge in [0.15, 0.2) is 0 Å². The average molecular weight is 338 g/mol. The molecule has 0 aliphatic carbocycles. The minimum atomic E-state index is 0.516. The summed E-state index contributed by atoms with van der Waals surface area (Å²) in [5.74, 6) is 1.75. The number of para-hydroxylation sites is 1. The summed E-state index contributed by atoms with van der Waals surface area (Å²) in [5, 5.41) is 7.64. The molecule has 5 aromatic rings. The molecule has 0 N–H and O–H groups in total. The van der Waals surface area contributed by atoms with Gasteiger partial charge in [0.2, 0.25) is 0 Å². The first-order chi connectivity index (χ1) is 12.9. The van der Waals surface area contributed by atoms with Crippen LogP contribution in [0.3, 0.4) is 0 Å². The Morgan fingerprint density at radius 1 is 0.462 bits per heavy atom. The molecule has 0 spiro atoms. The van der Waals surface area contributed by atoms with Crippen molar-refractivity contribution < 1.29 is 9.47 Å². The second-order valence-corrected chi connectivity index (χ2v) is 6.46. The summed E-state index contributed by atoms with van der Waals surface area (Å²) in [6, 6.07) is 29.3. The van der Waals surface area contributed by atoms with E-state index in [2.05, 4.69) is 54.6 Å². The Balaban J connectivity index is 1.42. The fourth-order valence-corrected chi connectivity index (χ4v) is 3.64. The van der Waals surface area contributed by atoms with Crippen molar-refractivity contribution in [3.63, 3.8) is 0 Å². The molecule has 0 amide bonds. The van der Waals surface area contributed by atoms with Crippen LogP contribution in [-0.2, 0) is 0 Å². The number of ether oxygens (including phenoxy) is 2. The number of rotatable bonds is 5. The van der Waals surface area contributed by atoms with Crippen LogP contribution in [0.1, 0.15) is 0 Å². The van der Waals surface area contributed by atoms with Gasteiger partial charge < -0.3 is 9.47 Å². The van der Waals surface area contributed by atoms with E-state index in [4.69, 9.17) is 9.47 Å². The highest BCUT2D eigenvalue weighted by atomic mass is 16.5. The van der Waals surface area contributed by atoms with Gasteiger partial charge in [-0.2, -0.15) is 0 Å². The number of benzene rings is 5. The molecule has 0 fully saturated rings. The molecule has 26 heavy (non-hydrogen) atoms. The first-order valence-corrected chi connectivity index (χ1v) is 8.87. The molecule has 5 aromatic carbocycles. The lowest BCUT2D eigenvalue weighted by Gasteiger charge is -2.13. The third-order valence-corrected chi connectivity index (χ3v) is 4.80. The highest BCUT2D eigenvalue weighted by Crippen LogP contribution is 2.36. The third-order valence-electron chi connectivity index (χ3n) is 4.80. The van der Waals surface area contributed by atoms with Crippen molar-refractivity contribution in [3.8, 4) is 11.5 Å². The summed E-state index contributed by atoms with van der Waals surface area (Å²) in [5.41, 5.74) is 0. The molecule has 0 aromatic heterocycles. The maximum atomic E-state index is 5.95. The predicted octanol–water partition coefficient (Wildman–Crippen LogP) is 6.04. The predicted molar refractivity (Wildman–Crippen MR) is 108 cm³/mol. The zero-order valence-electron chi connectivity index (χ0n) is 14.3. The largest absolute Gasteiger partial charge is 0.490 e. The molecule has 2 nitrogen and oxygen atoms in total. The first-order valence-electron chi connectivity index (χ1n) is 8.87. The second kappa shape index (κ2) is 6.23. The highest BCUT2D eigenvalue weighted by molar-refractivity contribution is 6.23. The molecule has 0 bridgehead atoms. The second-order valence-electron chi connectivity index (χ2n) is 6.46. The van der Waals surface area contributed by atoms with Crippen LogP contribution >= 0.6 is 0 Å². The van der Waals surface area contributed by atoms with Crippen molar-refractivity contribution >= 4 is 32.3 Å². The van der Waals surface area contributed by atoms with Gasteiger partial charge in [0.05, 0.1) is 0 Å². The molecule has 0 heterocycles. The Bertz CT molecular complexity index is 1110. The molecular weight excluding hydrogens is 320 g/mol. The molecule has 0 unspecified atom stereocenters. The van der Waals surface area contributed by atoms with E-state index in [1.54, 1.807) is 0 Å².